The molecule has 0 unspecified atom stereocenters. The molecule has 3 rings (SSSR count). The van der Waals surface area contributed by atoms with Gasteiger partial charge in [0.25, 0.3) is 10.0 Å². The number of nitriles is 1. The fourth-order valence-electron chi connectivity index (χ4n) is 4.27. The van der Waals surface area contributed by atoms with Crippen LogP contribution in [0.3, 0.4) is 0 Å². The minimum atomic E-state index is -3.82. The molecular formula is C29H32Cl2N4O4S. The SMILES string of the molecule is C=C(/C=C\C=C(/C)NS(=O)(=O)c1ccc(C#N)cc1)[C@@H](CN1CC[C@@H](O)C1)N(C)C(=O)Cc1ccc(Cl)c(Cl)c1. The van der Waals surface area contributed by atoms with Crippen LogP contribution in [0.2, 0.25) is 10.0 Å². The van der Waals surface area contributed by atoms with E-state index in [1.54, 1.807) is 55.3 Å². The van der Waals surface area contributed by atoms with Gasteiger partial charge in [-0.1, -0.05) is 48.0 Å². The molecule has 0 aliphatic carbocycles. The van der Waals surface area contributed by atoms with Crippen molar-refractivity contribution in [3.63, 3.8) is 0 Å². The van der Waals surface area contributed by atoms with E-state index in [-0.39, 0.29) is 23.3 Å². The molecule has 0 radical (unpaired) electrons. The second-order valence-corrected chi connectivity index (χ2v) is 12.2. The number of hydrogen-bond donors (Lipinski definition) is 2. The van der Waals surface area contributed by atoms with Crippen LogP contribution in [0.4, 0.5) is 0 Å². The van der Waals surface area contributed by atoms with Gasteiger partial charge in [0.05, 0.1) is 45.1 Å². The molecule has 0 saturated carbocycles. The smallest absolute Gasteiger partial charge is 0.261 e. The molecule has 1 aliphatic rings. The largest absolute Gasteiger partial charge is 0.392 e. The summed E-state index contributed by atoms with van der Waals surface area (Å²) in [6.45, 7) is 7.50. The van der Waals surface area contributed by atoms with Crippen LogP contribution in [0, 0.1) is 11.3 Å². The summed E-state index contributed by atoms with van der Waals surface area (Å²) in [6, 6.07) is 12.3. The highest BCUT2D eigenvalue weighted by molar-refractivity contribution is 7.89. The van der Waals surface area contributed by atoms with E-state index < -0.39 is 16.1 Å². The zero-order valence-electron chi connectivity index (χ0n) is 22.3. The number of carbonyl (C=O) groups is 1. The average Bonchev–Trinajstić information content (AvgIpc) is 3.33. The van der Waals surface area contributed by atoms with Gasteiger partial charge >= 0.3 is 0 Å². The summed E-state index contributed by atoms with van der Waals surface area (Å²) in [4.78, 5) is 17.0. The molecule has 1 heterocycles. The summed E-state index contributed by atoms with van der Waals surface area (Å²) in [5.41, 5.74) is 2.11. The van der Waals surface area contributed by atoms with Crippen molar-refractivity contribution in [1.82, 2.24) is 14.5 Å². The summed E-state index contributed by atoms with van der Waals surface area (Å²) in [5, 5.41) is 19.7. The molecule has 2 aromatic rings. The highest BCUT2D eigenvalue weighted by Crippen LogP contribution is 2.24. The molecule has 1 amide bonds. The number of halogens is 2. The van der Waals surface area contributed by atoms with Gasteiger partial charge in [-0.15, -0.1) is 0 Å². The van der Waals surface area contributed by atoms with Crippen LogP contribution in [0.25, 0.3) is 0 Å². The number of likely N-dealkylation sites (tertiary alicyclic amines) is 1. The number of β-amino-alcohol motifs (C(OH)–C–C–N with tert-alkyl or cyclic N) is 1. The second-order valence-electron chi connectivity index (χ2n) is 9.67. The first-order valence-corrected chi connectivity index (χ1v) is 14.8. The maximum Gasteiger partial charge on any atom is 0.261 e. The zero-order valence-corrected chi connectivity index (χ0v) is 24.7. The van der Waals surface area contributed by atoms with Gasteiger partial charge in [0.1, 0.15) is 0 Å². The number of aliphatic hydroxyl groups is 1. The van der Waals surface area contributed by atoms with E-state index in [0.717, 1.165) is 5.56 Å². The first-order chi connectivity index (χ1) is 18.9. The lowest BCUT2D eigenvalue weighted by atomic mass is 10.0. The molecule has 40 heavy (non-hydrogen) atoms. The van der Waals surface area contributed by atoms with Crippen LogP contribution in [0.5, 0.6) is 0 Å². The molecule has 11 heteroatoms. The molecule has 0 aromatic heterocycles. The van der Waals surface area contributed by atoms with Gasteiger partial charge in [-0.05, 0) is 67.0 Å². The number of benzene rings is 2. The third-order valence-corrected chi connectivity index (χ3v) is 8.78. The Morgan fingerprint density at radius 1 is 1.27 bits per heavy atom. The van der Waals surface area contributed by atoms with Crippen molar-refractivity contribution in [3.05, 3.63) is 99.7 Å². The number of nitrogens with zero attached hydrogens (tertiary/aromatic N) is 3. The van der Waals surface area contributed by atoms with Crippen LogP contribution < -0.4 is 4.72 Å². The lowest BCUT2D eigenvalue weighted by molar-refractivity contribution is -0.130. The van der Waals surface area contributed by atoms with Gasteiger partial charge in [0.15, 0.2) is 0 Å². The Labute approximate surface area is 245 Å². The average molecular weight is 604 g/mol. The maximum absolute atomic E-state index is 13.2. The standard InChI is InChI=1S/C29H32Cl2N4O4S/c1-20(5-4-6-21(2)33-40(38,39)25-10-7-22(17-32)8-11-25)28(19-35-14-13-24(36)18-35)34(3)29(37)16-23-9-12-26(30)27(31)15-23/h4-12,15,24,28,33,36H,1,13-14,16,18-19H2,2-3H3/b5-4-,21-6+/t24-,28-/m1/s1. The number of rotatable bonds is 11. The number of hydrogen-bond acceptors (Lipinski definition) is 6. The minimum absolute atomic E-state index is 0.0441. The summed E-state index contributed by atoms with van der Waals surface area (Å²) >= 11 is 12.1. The van der Waals surface area contributed by atoms with Gasteiger partial charge in [-0.25, -0.2) is 8.42 Å². The molecule has 2 atom stereocenters. The number of aliphatic hydroxyl groups excluding tert-OH is 1. The maximum atomic E-state index is 13.2. The van der Waals surface area contributed by atoms with Crippen LogP contribution in [-0.2, 0) is 21.2 Å². The van der Waals surface area contributed by atoms with Crippen molar-refractivity contribution in [2.75, 3.05) is 26.7 Å². The van der Waals surface area contributed by atoms with Crippen molar-refractivity contribution in [2.24, 2.45) is 0 Å². The Balaban J connectivity index is 1.72. The predicted octanol–water partition coefficient (Wildman–Crippen LogP) is 4.30. The minimum Gasteiger partial charge on any atom is -0.392 e. The molecule has 0 spiro atoms. The van der Waals surface area contributed by atoms with Crippen molar-refractivity contribution in [3.8, 4) is 6.07 Å². The van der Waals surface area contributed by atoms with Crippen molar-refractivity contribution in [1.29, 1.82) is 5.26 Å². The Kier molecular flexibility index (Phi) is 11.0. The van der Waals surface area contributed by atoms with Crippen LogP contribution in [-0.4, -0.2) is 68.1 Å². The molecule has 1 fully saturated rings. The van der Waals surface area contributed by atoms with Crippen molar-refractivity contribution >= 4 is 39.1 Å². The summed E-state index contributed by atoms with van der Waals surface area (Å²) in [7, 11) is -2.11. The highest BCUT2D eigenvalue weighted by atomic mass is 35.5. The predicted molar refractivity (Wildman–Crippen MR) is 157 cm³/mol. The Bertz CT molecular complexity index is 1450. The highest BCUT2D eigenvalue weighted by Gasteiger charge is 2.28. The Hall–Kier alpha value is -3.13. The van der Waals surface area contributed by atoms with E-state index in [9.17, 15) is 18.3 Å². The van der Waals surface area contributed by atoms with E-state index >= 15 is 0 Å². The van der Waals surface area contributed by atoms with Crippen LogP contribution >= 0.6 is 23.2 Å². The van der Waals surface area contributed by atoms with Gasteiger partial charge < -0.3 is 10.0 Å². The fraction of sp³-hybridized carbons (Fsp3) is 0.310. The normalized spacial score (nSPS) is 17.0. The number of nitrogens with one attached hydrogen (secondary N) is 1. The van der Waals surface area contributed by atoms with Crippen LogP contribution in [0.15, 0.2) is 83.4 Å². The van der Waals surface area contributed by atoms with E-state index in [1.807, 2.05) is 6.07 Å². The van der Waals surface area contributed by atoms with Gasteiger partial charge in [-0.3, -0.25) is 14.4 Å². The molecule has 0 bridgehead atoms. The lowest BCUT2D eigenvalue weighted by Gasteiger charge is -2.32. The van der Waals surface area contributed by atoms with E-state index in [2.05, 4.69) is 16.2 Å². The quantitative estimate of drug-likeness (QED) is 0.371. The molecule has 212 valence electrons. The van der Waals surface area contributed by atoms with Gasteiger partial charge in [0.2, 0.25) is 5.91 Å². The van der Waals surface area contributed by atoms with Gasteiger partial charge in [-0.2, -0.15) is 5.26 Å². The number of amides is 1. The number of allylic oxidation sites excluding steroid dienone is 3. The fourth-order valence-corrected chi connectivity index (χ4v) is 5.70. The number of sulfonamides is 1. The first-order valence-electron chi connectivity index (χ1n) is 12.6. The third kappa shape index (κ3) is 8.68. The zero-order chi connectivity index (χ0) is 29.4. The molecule has 1 aliphatic heterocycles. The van der Waals surface area contributed by atoms with Crippen molar-refractivity contribution < 1.29 is 18.3 Å². The molecule has 1 saturated heterocycles. The Morgan fingerprint density at radius 3 is 2.58 bits per heavy atom. The summed E-state index contributed by atoms with van der Waals surface area (Å²) < 4.78 is 27.8. The van der Waals surface area contributed by atoms with E-state index in [1.165, 1.54) is 24.3 Å². The molecule has 8 nitrogen and oxygen atoms in total. The molecule has 2 aromatic carbocycles. The number of carbonyl (C=O) groups excluding carboxylic acids is 1. The third-order valence-electron chi connectivity index (χ3n) is 6.55. The topological polar surface area (TPSA) is 114 Å². The summed E-state index contributed by atoms with van der Waals surface area (Å²) in [5.74, 6) is -0.139. The van der Waals surface area contributed by atoms with E-state index in [4.69, 9.17) is 28.5 Å². The van der Waals surface area contributed by atoms with Gasteiger partial charge in [0, 0.05) is 32.4 Å². The van der Waals surface area contributed by atoms with Crippen molar-refractivity contribution in [2.45, 2.75) is 36.8 Å². The van der Waals surface area contributed by atoms with Crippen LogP contribution in [0.1, 0.15) is 24.5 Å². The van der Waals surface area contributed by atoms with E-state index in [0.29, 0.717) is 52.9 Å². The lowest BCUT2D eigenvalue weighted by Crippen LogP contribution is -2.45. The number of likely N-dealkylation sites (N-methyl/N-ethyl adjacent to an activating group) is 1. The monoisotopic (exact) mass is 602 g/mol. The Morgan fingerprint density at radius 2 is 1.98 bits per heavy atom. The first kappa shape index (κ1) is 31.4. The molecular weight excluding hydrogens is 571 g/mol. The second kappa shape index (κ2) is 14.0. The molecule has 2 N–H and O–H groups in total. The summed E-state index contributed by atoms with van der Waals surface area (Å²) in [6.07, 6.45) is 5.38.